The molecular weight excluding hydrogens is 394 g/mol. The van der Waals surface area contributed by atoms with Crippen LogP contribution >= 0.6 is 34.2 Å². The van der Waals surface area contributed by atoms with Gasteiger partial charge in [-0.05, 0) is 40.8 Å². The minimum absolute atomic E-state index is 0.000933. The standard InChI is InChI=1S/C14H13ClFIN2O/c1-14(2,3)11-10(17)13(20)19-12(18-11)7-4-5-9(16)8(15)6-7/h4-6H,1-3H3,(H,18,19,20). The Balaban J connectivity index is 2.67. The average molecular weight is 407 g/mol. The summed E-state index contributed by atoms with van der Waals surface area (Å²) in [5.41, 5.74) is 0.817. The number of nitrogens with one attached hydrogen (secondary N) is 1. The Morgan fingerprint density at radius 3 is 2.55 bits per heavy atom. The van der Waals surface area contributed by atoms with Crippen LogP contribution in [0.3, 0.4) is 0 Å². The van der Waals surface area contributed by atoms with Gasteiger partial charge in [0, 0.05) is 11.0 Å². The van der Waals surface area contributed by atoms with Crippen LogP contribution in [0, 0.1) is 9.39 Å². The lowest BCUT2D eigenvalue weighted by Crippen LogP contribution is -2.24. The zero-order chi connectivity index (χ0) is 15.1. The monoisotopic (exact) mass is 406 g/mol. The van der Waals surface area contributed by atoms with Crippen molar-refractivity contribution in [2.75, 3.05) is 0 Å². The van der Waals surface area contributed by atoms with Crippen molar-refractivity contribution in [3.8, 4) is 11.4 Å². The predicted molar refractivity (Wildman–Crippen MR) is 86.7 cm³/mol. The highest BCUT2D eigenvalue weighted by atomic mass is 127. The fourth-order valence-corrected chi connectivity index (χ4v) is 2.98. The van der Waals surface area contributed by atoms with Crippen molar-refractivity contribution < 1.29 is 4.39 Å². The number of rotatable bonds is 1. The van der Waals surface area contributed by atoms with Crippen LogP contribution in [0.5, 0.6) is 0 Å². The first kappa shape index (κ1) is 15.4. The van der Waals surface area contributed by atoms with Crippen molar-refractivity contribution in [1.29, 1.82) is 0 Å². The molecule has 0 aliphatic carbocycles. The summed E-state index contributed by atoms with van der Waals surface area (Å²) in [6, 6.07) is 4.25. The van der Waals surface area contributed by atoms with Crippen LogP contribution in [0.1, 0.15) is 26.5 Å². The summed E-state index contributed by atoms with van der Waals surface area (Å²) in [5.74, 6) is -0.110. The molecule has 0 radical (unpaired) electrons. The smallest absolute Gasteiger partial charge is 0.264 e. The third-order valence-electron chi connectivity index (χ3n) is 2.77. The molecule has 0 aliphatic rings. The molecule has 0 aliphatic heterocycles. The lowest BCUT2D eigenvalue weighted by atomic mass is 9.92. The van der Waals surface area contributed by atoms with E-state index in [0.29, 0.717) is 20.7 Å². The quantitative estimate of drug-likeness (QED) is 0.724. The van der Waals surface area contributed by atoms with Crippen molar-refractivity contribution in [3.63, 3.8) is 0 Å². The second-order valence-electron chi connectivity index (χ2n) is 5.46. The lowest BCUT2D eigenvalue weighted by molar-refractivity contribution is 0.562. The predicted octanol–water partition coefficient (Wildman–Crippen LogP) is 4.13. The molecule has 0 saturated carbocycles. The average Bonchev–Trinajstić information content (AvgIpc) is 2.34. The molecular formula is C14H13ClFIN2O. The zero-order valence-electron chi connectivity index (χ0n) is 11.2. The van der Waals surface area contributed by atoms with Crippen LogP contribution in [0.4, 0.5) is 4.39 Å². The number of aromatic nitrogens is 2. The molecule has 0 fully saturated rings. The number of nitrogens with zero attached hydrogens (tertiary/aromatic N) is 1. The number of hydrogen-bond donors (Lipinski definition) is 1. The van der Waals surface area contributed by atoms with Crippen molar-refractivity contribution in [3.05, 3.63) is 48.7 Å². The van der Waals surface area contributed by atoms with Gasteiger partial charge in [-0.2, -0.15) is 0 Å². The van der Waals surface area contributed by atoms with E-state index >= 15 is 0 Å². The van der Waals surface area contributed by atoms with E-state index in [-0.39, 0.29) is 16.0 Å². The molecule has 2 aromatic rings. The van der Waals surface area contributed by atoms with Gasteiger partial charge < -0.3 is 4.98 Å². The van der Waals surface area contributed by atoms with Gasteiger partial charge in [0.15, 0.2) is 0 Å². The van der Waals surface area contributed by atoms with E-state index in [1.54, 1.807) is 6.07 Å². The Morgan fingerprint density at radius 1 is 1.35 bits per heavy atom. The number of hydrogen-bond acceptors (Lipinski definition) is 2. The summed E-state index contributed by atoms with van der Waals surface area (Å²) in [7, 11) is 0. The lowest BCUT2D eigenvalue weighted by Gasteiger charge is -2.19. The number of halogens is 3. The minimum Gasteiger partial charge on any atom is -0.306 e. The van der Waals surface area contributed by atoms with E-state index in [1.807, 2.05) is 43.4 Å². The van der Waals surface area contributed by atoms with Crippen LogP contribution < -0.4 is 5.56 Å². The highest BCUT2D eigenvalue weighted by Crippen LogP contribution is 2.27. The second kappa shape index (κ2) is 5.44. The minimum atomic E-state index is -0.501. The molecule has 1 aromatic carbocycles. The Morgan fingerprint density at radius 2 is 2.00 bits per heavy atom. The van der Waals surface area contributed by atoms with Crippen LogP contribution in [-0.4, -0.2) is 9.97 Å². The Bertz CT molecular complexity index is 722. The van der Waals surface area contributed by atoms with Crippen molar-refractivity contribution >= 4 is 34.2 Å². The molecule has 0 unspecified atom stereocenters. The molecule has 3 nitrogen and oxygen atoms in total. The fourth-order valence-electron chi connectivity index (χ4n) is 1.74. The molecule has 20 heavy (non-hydrogen) atoms. The van der Waals surface area contributed by atoms with E-state index in [9.17, 15) is 9.18 Å². The van der Waals surface area contributed by atoms with Crippen LogP contribution in [0.25, 0.3) is 11.4 Å². The van der Waals surface area contributed by atoms with Crippen molar-refractivity contribution in [2.45, 2.75) is 26.2 Å². The molecule has 0 amide bonds. The molecule has 1 N–H and O–H groups in total. The highest BCUT2D eigenvalue weighted by Gasteiger charge is 2.22. The molecule has 6 heteroatoms. The molecule has 106 valence electrons. The third-order valence-corrected chi connectivity index (χ3v) is 4.06. The Labute approximate surface area is 134 Å². The number of aromatic amines is 1. The summed E-state index contributed by atoms with van der Waals surface area (Å²) in [6.45, 7) is 5.95. The molecule has 1 heterocycles. The van der Waals surface area contributed by atoms with Gasteiger partial charge in [0.1, 0.15) is 15.2 Å². The highest BCUT2D eigenvalue weighted by molar-refractivity contribution is 14.1. The van der Waals surface area contributed by atoms with E-state index in [4.69, 9.17) is 11.6 Å². The fraction of sp³-hybridized carbons (Fsp3) is 0.286. The van der Waals surface area contributed by atoms with E-state index < -0.39 is 5.82 Å². The third kappa shape index (κ3) is 3.03. The summed E-state index contributed by atoms with van der Waals surface area (Å²) >= 11 is 7.75. The summed E-state index contributed by atoms with van der Waals surface area (Å²) < 4.78 is 13.8. The SMILES string of the molecule is CC(C)(C)c1nc(-c2ccc(F)c(Cl)c2)[nH]c(=O)c1I. The summed E-state index contributed by atoms with van der Waals surface area (Å²) in [6.07, 6.45) is 0. The first-order valence-electron chi connectivity index (χ1n) is 5.96. The van der Waals surface area contributed by atoms with Gasteiger partial charge in [-0.25, -0.2) is 9.37 Å². The molecule has 1 aromatic heterocycles. The van der Waals surface area contributed by atoms with Crippen LogP contribution in [0.2, 0.25) is 5.02 Å². The molecule has 0 atom stereocenters. The topological polar surface area (TPSA) is 45.8 Å². The first-order valence-corrected chi connectivity index (χ1v) is 7.41. The van der Waals surface area contributed by atoms with Gasteiger partial charge in [-0.1, -0.05) is 32.4 Å². The van der Waals surface area contributed by atoms with Crippen molar-refractivity contribution in [1.82, 2.24) is 9.97 Å². The van der Waals surface area contributed by atoms with E-state index in [2.05, 4.69) is 9.97 Å². The van der Waals surface area contributed by atoms with Gasteiger partial charge in [0.05, 0.1) is 10.7 Å². The van der Waals surface area contributed by atoms with Crippen LogP contribution in [0.15, 0.2) is 23.0 Å². The molecule has 2 rings (SSSR count). The Kier molecular flexibility index (Phi) is 4.20. The van der Waals surface area contributed by atoms with E-state index in [1.165, 1.54) is 12.1 Å². The maximum Gasteiger partial charge on any atom is 0.264 e. The summed E-state index contributed by atoms with van der Waals surface area (Å²) in [4.78, 5) is 19.2. The molecule has 0 saturated heterocycles. The maximum atomic E-state index is 13.2. The zero-order valence-corrected chi connectivity index (χ0v) is 14.1. The summed E-state index contributed by atoms with van der Waals surface area (Å²) in [5, 5.41) is 0.000933. The maximum absolute atomic E-state index is 13.2. The van der Waals surface area contributed by atoms with E-state index in [0.717, 1.165) is 0 Å². The Hall–Kier alpha value is -0.950. The number of H-pyrrole nitrogens is 1. The molecule has 0 bridgehead atoms. The van der Waals surface area contributed by atoms with Gasteiger partial charge in [0.2, 0.25) is 0 Å². The first-order chi connectivity index (χ1) is 9.20. The second-order valence-corrected chi connectivity index (χ2v) is 6.94. The largest absolute Gasteiger partial charge is 0.306 e. The van der Waals surface area contributed by atoms with Gasteiger partial charge in [0.25, 0.3) is 5.56 Å². The van der Waals surface area contributed by atoms with Crippen LogP contribution in [-0.2, 0) is 5.41 Å². The van der Waals surface area contributed by atoms with Gasteiger partial charge >= 0.3 is 0 Å². The number of benzene rings is 1. The molecule has 0 spiro atoms. The van der Waals surface area contributed by atoms with Gasteiger partial charge in [-0.3, -0.25) is 4.79 Å². The van der Waals surface area contributed by atoms with Gasteiger partial charge in [-0.15, -0.1) is 0 Å². The van der Waals surface area contributed by atoms with Crippen molar-refractivity contribution in [2.24, 2.45) is 0 Å². The normalized spacial score (nSPS) is 11.7.